The summed E-state index contributed by atoms with van der Waals surface area (Å²) in [5.41, 5.74) is 0.868. The van der Waals surface area contributed by atoms with Gasteiger partial charge in [0.05, 0.1) is 46.6 Å². The van der Waals surface area contributed by atoms with Crippen LogP contribution in [0.2, 0.25) is 0 Å². The zero-order valence-corrected chi connectivity index (χ0v) is 17.3. The molecule has 1 saturated heterocycles. The minimum absolute atomic E-state index is 0.0544. The van der Waals surface area contributed by atoms with E-state index in [9.17, 15) is 18.7 Å². The number of nitrogens with one attached hydrogen (secondary N) is 2. The highest BCUT2D eigenvalue weighted by Gasteiger charge is 2.20. The van der Waals surface area contributed by atoms with Crippen molar-refractivity contribution >= 4 is 28.3 Å². The first-order chi connectivity index (χ1) is 16.0. The van der Waals surface area contributed by atoms with Crippen LogP contribution in [0, 0.1) is 11.6 Å². The van der Waals surface area contributed by atoms with Gasteiger partial charge in [0.15, 0.2) is 5.88 Å². The van der Waals surface area contributed by atoms with Gasteiger partial charge in [0.2, 0.25) is 0 Å². The van der Waals surface area contributed by atoms with Crippen LogP contribution in [-0.4, -0.2) is 57.2 Å². The van der Waals surface area contributed by atoms with Gasteiger partial charge < -0.3 is 25.0 Å². The molecule has 0 radical (unpaired) electrons. The molecule has 3 aromatic heterocycles. The topological polar surface area (TPSA) is 103 Å². The predicted octanol–water partition coefficient (Wildman–Crippen LogP) is 3.82. The molecule has 0 unspecified atom stereocenters. The summed E-state index contributed by atoms with van der Waals surface area (Å²) in [5, 5.41) is 13.6. The molecule has 1 aliphatic rings. The van der Waals surface area contributed by atoms with E-state index in [0.29, 0.717) is 54.3 Å². The van der Waals surface area contributed by atoms with Crippen molar-refractivity contribution in [2.24, 2.45) is 0 Å². The van der Waals surface area contributed by atoms with Crippen molar-refractivity contribution < 1.29 is 23.4 Å². The van der Waals surface area contributed by atoms with Crippen molar-refractivity contribution in [2.45, 2.75) is 0 Å². The zero-order chi connectivity index (χ0) is 22.9. The van der Waals surface area contributed by atoms with Crippen LogP contribution in [0.15, 0.2) is 48.8 Å². The molecule has 0 spiro atoms. The maximum absolute atomic E-state index is 14.4. The number of benzene rings is 1. The Kier molecular flexibility index (Phi) is 5.35. The smallest absolute Gasteiger partial charge is 0.255 e. The molecular weight excluding hydrogens is 432 g/mol. The molecule has 0 bridgehead atoms. The van der Waals surface area contributed by atoms with Crippen molar-refractivity contribution in [1.29, 1.82) is 0 Å². The summed E-state index contributed by atoms with van der Waals surface area (Å²) < 4.78 is 34.0. The number of H-pyrrole nitrogens is 1. The molecule has 1 fully saturated rings. The number of carbonyl (C=O) groups excluding carboxylic acids is 1. The summed E-state index contributed by atoms with van der Waals surface area (Å²) in [5.74, 6) is -1.42. The Morgan fingerprint density at radius 1 is 1.15 bits per heavy atom. The van der Waals surface area contributed by atoms with Gasteiger partial charge in [0.1, 0.15) is 17.5 Å². The van der Waals surface area contributed by atoms with E-state index in [1.807, 2.05) is 0 Å². The van der Waals surface area contributed by atoms with Crippen molar-refractivity contribution in [2.75, 3.05) is 31.6 Å². The number of fused-ring (bicyclic) bond motifs is 1. The Labute approximate surface area is 186 Å². The number of nitrogens with zero attached hydrogens (tertiary/aromatic N) is 3. The lowest BCUT2D eigenvalue weighted by molar-refractivity contribution is 0.0302. The molecule has 1 aliphatic heterocycles. The summed E-state index contributed by atoms with van der Waals surface area (Å²) in [7, 11) is 0. The molecule has 1 aromatic carbocycles. The largest absolute Gasteiger partial charge is 0.494 e. The molecule has 1 amide bonds. The number of amides is 1. The number of carbonyl (C=O) groups is 1. The average molecular weight is 451 g/mol. The molecular formula is C23H19F2N5O3. The maximum Gasteiger partial charge on any atom is 0.255 e. The molecule has 0 atom stereocenters. The molecule has 5 rings (SSSR count). The van der Waals surface area contributed by atoms with Crippen molar-refractivity contribution in [3.05, 3.63) is 66.0 Å². The van der Waals surface area contributed by atoms with Crippen molar-refractivity contribution in [3.63, 3.8) is 0 Å². The number of aromatic amines is 1. The second-order valence-corrected chi connectivity index (χ2v) is 7.51. The highest BCUT2D eigenvalue weighted by molar-refractivity contribution is 5.99. The lowest BCUT2D eigenvalue weighted by Crippen LogP contribution is -2.40. The Balaban J connectivity index is 1.48. The summed E-state index contributed by atoms with van der Waals surface area (Å²) in [4.78, 5) is 25.6. The summed E-state index contributed by atoms with van der Waals surface area (Å²) in [6.07, 6.45) is 2.89. The first-order valence-electron chi connectivity index (χ1n) is 10.3. The number of halogens is 2. The number of hydrogen-bond donors (Lipinski definition) is 3. The molecule has 3 N–H and O–H groups in total. The molecule has 0 aliphatic carbocycles. The van der Waals surface area contributed by atoms with Crippen LogP contribution in [-0.2, 0) is 4.74 Å². The van der Waals surface area contributed by atoms with Gasteiger partial charge in [-0.3, -0.25) is 4.79 Å². The molecule has 168 valence electrons. The number of pyridine rings is 2. The van der Waals surface area contributed by atoms with Crippen molar-refractivity contribution in [3.8, 4) is 17.1 Å². The quantitative estimate of drug-likeness (QED) is 0.436. The van der Waals surface area contributed by atoms with Gasteiger partial charge in [-0.2, -0.15) is 0 Å². The number of aromatic hydroxyl groups is 1. The van der Waals surface area contributed by atoms with E-state index in [2.05, 4.69) is 20.3 Å². The average Bonchev–Trinajstić information content (AvgIpc) is 3.20. The van der Waals surface area contributed by atoms with Crippen LogP contribution in [0.25, 0.3) is 22.2 Å². The highest BCUT2D eigenvalue weighted by Crippen LogP contribution is 2.36. The predicted molar refractivity (Wildman–Crippen MR) is 117 cm³/mol. The van der Waals surface area contributed by atoms with E-state index in [1.165, 1.54) is 24.5 Å². The number of aromatic nitrogens is 3. The minimum atomic E-state index is -0.753. The third-order valence-electron chi connectivity index (χ3n) is 5.42. The van der Waals surface area contributed by atoms with E-state index in [0.717, 1.165) is 12.1 Å². The number of anilines is 2. The van der Waals surface area contributed by atoms with Crippen LogP contribution in [0.1, 0.15) is 10.4 Å². The summed E-state index contributed by atoms with van der Waals surface area (Å²) in [6.45, 7) is 2.05. The van der Waals surface area contributed by atoms with Crippen LogP contribution in [0.5, 0.6) is 5.88 Å². The molecule has 33 heavy (non-hydrogen) atoms. The standard InChI is InChI=1S/C23H19F2N5O3/c24-14-2-1-3-15(25)20(14)16-10-17(21-18(28-16)12-27-22(21)31)29-19-5-4-13(11-26-19)23(32)30-6-8-33-9-7-30/h1-5,10-12,27,31H,6-9H2,(H,26,29). The SMILES string of the molecule is O=C(c1ccc(Nc2cc(-c3c(F)cccc3F)nc3c[nH]c(O)c23)nc1)N1CCOCC1. The fourth-order valence-electron chi connectivity index (χ4n) is 3.78. The van der Waals surface area contributed by atoms with E-state index in [-0.39, 0.29) is 23.0 Å². The third kappa shape index (κ3) is 3.96. The minimum Gasteiger partial charge on any atom is -0.494 e. The van der Waals surface area contributed by atoms with Crippen LogP contribution in [0.4, 0.5) is 20.3 Å². The fraction of sp³-hybridized carbons (Fsp3) is 0.174. The van der Waals surface area contributed by atoms with Gasteiger partial charge in [0, 0.05) is 25.5 Å². The molecule has 0 saturated carbocycles. The van der Waals surface area contributed by atoms with Crippen LogP contribution >= 0.6 is 0 Å². The Morgan fingerprint density at radius 3 is 2.61 bits per heavy atom. The van der Waals surface area contributed by atoms with Gasteiger partial charge in [-0.05, 0) is 30.3 Å². The molecule has 10 heteroatoms. The molecule has 8 nitrogen and oxygen atoms in total. The first-order valence-corrected chi connectivity index (χ1v) is 10.3. The maximum atomic E-state index is 14.4. The molecule has 4 heterocycles. The van der Waals surface area contributed by atoms with E-state index < -0.39 is 11.6 Å². The number of hydrogen-bond acceptors (Lipinski definition) is 6. The monoisotopic (exact) mass is 451 g/mol. The highest BCUT2D eigenvalue weighted by atomic mass is 19.1. The van der Waals surface area contributed by atoms with Gasteiger partial charge >= 0.3 is 0 Å². The van der Waals surface area contributed by atoms with E-state index >= 15 is 0 Å². The molecule has 4 aromatic rings. The fourth-order valence-corrected chi connectivity index (χ4v) is 3.78. The zero-order valence-electron chi connectivity index (χ0n) is 17.3. The van der Waals surface area contributed by atoms with E-state index in [1.54, 1.807) is 17.0 Å². The lowest BCUT2D eigenvalue weighted by Gasteiger charge is -2.26. The van der Waals surface area contributed by atoms with Gasteiger partial charge in [0.25, 0.3) is 5.91 Å². The number of rotatable bonds is 4. The van der Waals surface area contributed by atoms with Crippen LogP contribution in [0.3, 0.4) is 0 Å². The number of ether oxygens (including phenoxy) is 1. The number of morpholine rings is 1. The second-order valence-electron chi connectivity index (χ2n) is 7.51. The van der Waals surface area contributed by atoms with Crippen LogP contribution < -0.4 is 5.32 Å². The third-order valence-corrected chi connectivity index (χ3v) is 5.42. The Morgan fingerprint density at radius 2 is 1.91 bits per heavy atom. The second kappa shape index (κ2) is 8.47. The van der Waals surface area contributed by atoms with Gasteiger partial charge in [-0.25, -0.2) is 18.7 Å². The lowest BCUT2D eigenvalue weighted by atomic mass is 10.1. The first kappa shape index (κ1) is 20.8. The Bertz CT molecular complexity index is 1310. The van der Waals surface area contributed by atoms with Gasteiger partial charge in [-0.15, -0.1) is 0 Å². The van der Waals surface area contributed by atoms with E-state index in [4.69, 9.17) is 4.74 Å². The van der Waals surface area contributed by atoms with Gasteiger partial charge in [-0.1, -0.05) is 6.07 Å². The van der Waals surface area contributed by atoms with Crippen molar-refractivity contribution in [1.82, 2.24) is 19.9 Å². The summed E-state index contributed by atoms with van der Waals surface area (Å²) >= 11 is 0. The summed E-state index contributed by atoms with van der Waals surface area (Å²) in [6, 6.07) is 8.27. The Hall–Kier alpha value is -4.05. The normalized spacial score (nSPS) is 13.9.